The zero-order valence-electron chi connectivity index (χ0n) is 9.08. The van der Waals surface area contributed by atoms with E-state index in [1.807, 2.05) is 6.07 Å². The topological polar surface area (TPSA) is 65.8 Å². The maximum absolute atomic E-state index is 12.2. The van der Waals surface area contributed by atoms with E-state index >= 15 is 0 Å². The summed E-state index contributed by atoms with van der Waals surface area (Å²) in [6.07, 6.45) is -2.63. The van der Waals surface area contributed by atoms with E-state index in [0.717, 1.165) is 18.3 Å². The second kappa shape index (κ2) is 3.98. The third-order valence-electron chi connectivity index (χ3n) is 2.71. The average molecular weight is 255 g/mol. The van der Waals surface area contributed by atoms with Gasteiger partial charge in [-0.3, -0.25) is 4.79 Å². The van der Waals surface area contributed by atoms with E-state index in [2.05, 4.69) is 10.3 Å². The fourth-order valence-electron chi connectivity index (χ4n) is 1.40. The molecule has 1 amide bonds. The molecule has 0 radical (unpaired) electrons. The number of hydrogen-bond acceptors (Lipinski definition) is 3. The van der Waals surface area contributed by atoms with Crippen molar-refractivity contribution in [2.75, 3.05) is 5.32 Å². The molecule has 7 heteroatoms. The molecule has 0 bridgehead atoms. The summed E-state index contributed by atoms with van der Waals surface area (Å²) in [7, 11) is 0. The predicted molar refractivity (Wildman–Crippen MR) is 55.1 cm³/mol. The van der Waals surface area contributed by atoms with E-state index in [4.69, 9.17) is 5.26 Å². The molecular weight excluding hydrogens is 247 g/mol. The van der Waals surface area contributed by atoms with Crippen molar-refractivity contribution in [2.45, 2.75) is 19.0 Å². The molecule has 94 valence electrons. The molecule has 1 aromatic rings. The number of halogens is 3. The van der Waals surface area contributed by atoms with E-state index in [1.165, 1.54) is 0 Å². The first-order valence-electron chi connectivity index (χ1n) is 5.13. The van der Waals surface area contributed by atoms with E-state index in [9.17, 15) is 18.0 Å². The Kier molecular flexibility index (Phi) is 2.73. The number of carbonyl (C=O) groups excluding carboxylic acids is 1. The largest absolute Gasteiger partial charge is 0.433 e. The molecule has 4 nitrogen and oxygen atoms in total. The van der Waals surface area contributed by atoms with Gasteiger partial charge in [0.15, 0.2) is 0 Å². The molecule has 1 fully saturated rings. The summed E-state index contributed by atoms with van der Waals surface area (Å²) < 4.78 is 36.7. The van der Waals surface area contributed by atoms with Gasteiger partial charge in [-0.25, -0.2) is 4.98 Å². The van der Waals surface area contributed by atoms with Crippen LogP contribution >= 0.6 is 0 Å². The van der Waals surface area contributed by atoms with Crippen LogP contribution in [0.5, 0.6) is 0 Å². The van der Waals surface area contributed by atoms with Crippen molar-refractivity contribution < 1.29 is 18.0 Å². The number of rotatable bonds is 2. The quantitative estimate of drug-likeness (QED) is 0.882. The van der Waals surface area contributed by atoms with Gasteiger partial charge in [0.2, 0.25) is 5.91 Å². The van der Waals surface area contributed by atoms with E-state index in [0.29, 0.717) is 12.8 Å². The molecule has 18 heavy (non-hydrogen) atoms. The van der Waals surface area contributed by atoms with Gasteiger partial charge in [-0.2, -0.15) is 18.4 Å². The number of aromatic nitrogens is 1. The van der Waals surface area contributed by atoms with Gasteiger partial charge in [0.05, 0.1) is 18.0 Å². The highest BCUT2D eigenvalue weighted by molar-refractivity contribution is 5.99. The number of carbonyl (C=O) groups is 1. The van der Waals surface area contributed by atoms with Crippen LogP contribution in [0.3, 0.4) is 0 Å². The molecule has 1 heterocycles. The van der Waals surface area contributed by atoms with Crippen LogP contribution in [0.2, 0.25) is 0 Å². The summed E-state index contributed by atoms with van der Waals surface area (Å²) in [5.74, 6) is -0.494. The van der Waals surface area contributed by atoms with E-state index in [1.54, 1.807) is 0 Å². The van der Waals surface area contributed by atoms with Crippen LogP contribution < -0.4 is 5.32 Å². The summed E-state index contributed by atoms with van der Waals surface area (Å²) in [5, 5.41) is 11.2. The summed E-state index contributed by atoms with van der Waals surface area (Å²) in [4.78, 5) is 14.8. The fourth-order valence-corrected chi connectivity index (χ4v) is 1.40. The molecule has 0 spiro atoms. The number of nitriles is 1. The molecule has 1 aromatic heterocycles. The summed E-state index contributed by atoms with van der Waals surface area (Å²) >= 11 is 0. The number of alkyl halides is 3. The Balaban J connectivity index is 2.08. The van der Waals surface area contributed by atoms with E-state index in [-0.39, 0.29) is 5.69 Å². The second-order valence-corrected chi connectivity index (χ2v) is 4.08. The average Bonchev–Trinajstić information content (AvgIpc) is 3.09. The lowest BCUT2D eigenvalue weighted by Gasteiger charge is -2.09. The van der Waals surface area contributed by atoms with Crippen LogP contribution in [-0.4, -0.2) is 10.9 Å². The van der Waals surface area contributed by atoms with E-state index < -0.39 is 23.2 Å². The standard InChI is InChI=1S/C11H8F3N3O/c12-11(13,14)8-2-1-7(5-16-8)17-9(18)10(6-15)3-4-10/h1-2,5H,3-4H2,(H,17,18). The van der Waals surface area contributed by atoms with Gasteiger partial charge >= 0.3 is 6.18 Å². The molecule has 1 N–H and O–H groups in total. The molecule has 2 rings (SSSR count). The van der Waals surface area contributed by atoms with Crippen LogP contribution in [-0.2, 0) is 11.0 Å². The van der Waals surface area contributed by atoms with Crippen molar-refractivity contribution in [3.63, 3.8) is 0 Å². The maximum atomic E-state index is 12.2. The number of pyridine rings is 1. The summed E-state index contributed by atoms with van der Waals surface area (Å²) in [5.41, 5.74) is -1.89. The SMILES string of the molecule is N#CC1(C(=O)Nc2ccc(C(F)(F)F)nc2)CC1. The minimum Gasteiger partial charge on any atom is -0.323 e. The molecule has 1 saturated carbocycles. The fraction of sp³-hybridized carbons (Fsp3) is 0.364. The monoisotopic (exact) mass is 255 g/mol. The minimum atomic E-state index is -4.51. The molecular formula is C11H8F3N3O. The zero-order valence-corrected chi connectivity index (χ0v) is 9.08. The molecule has 1 aliphatic rings. The summed E-state index contributed by atoms with van der Waals surface area (Å²) in [6.45, 7) is 0. The van der Waals surface area contributed by atoms with Crippen molar-refractivity contribution in [1.82, 2.24) is 4.98 Å². The zero-order chi connectivity index (χ0) is 13.4. The first kappa shape index (κ1) is 12.4. The predicted octanol–water partition coefficient (Wildman–Crippen LogP) is 2.34. The lowest BCUT2D eigenvalue weighted by Crippen LogP contribution is -2.22. The lowest BCUT2D eigenvalue weighted by molar-refractivity contribution is -0.141. The van der Waals surface area contributed by atoms with Gasteiger partial charge in [0.25, 0.3) is 0 Å². The normalized spacial score (nSPS) is 16.8. The van der Waals surface area contributed by atoms with Crippen molar-refractivity contribution >= 4 is 11.6 Å². The molecule has 0 unspecified atom stereocenters. The Labute approximate surface area is 100 Å². The highest BCUT2D eigenvalue weighted by Gasteiger charge is 2.50. The van der Waals surface area contributed by atoms with Crippen LogP contribution in [0.4, 0.5) is 18.9 Å². The lowest BCUT2D eigenvalue weighted by atomic mass is 10.1. The third kappa shape index (κ3) is 2.27. The van der Waals surface area contributed by atoms with Gasteiger partial charge in [-0.1, -0.05) is 0 Å². The summed E-state index contributed by atoms with van der Waals surface area (Å²) in [6, 6.07) is 3.79. The number of hydrogen-bond donors (Lipinski definition) is 1. The number of amides is 1. The van der Waals surface area contributed by atoms with Gasteiger partial charge < -0.3 is 5.32 Å². The Morgan fingerprint density at radius 3 is 2.50 bits per heavy atom. The maximum Gasteiger partial charge on any atom is 0.433 e. The number of nitrogens with zero attached hydrogens (tertiary/aromatic N) is 2. The Bertz CT molecular complexity index is 512. The smallest absolute Gasteiger partial charge is 0.323 e. The molecule has 0 aromatic carbocycles. The van der Waals surface area contributed by atoms with Gasteiger partial charge in [0.1, 0.15) is 11.1 Å². The first-order valence-corrected chi connectivity index (χ1v) is 5.13. The van der Waals surface area contributed by atoms with Crippen molar-refractivity contribution in [3.05, 3.63) is 24.0 Å². The molecule has 0 aliphatic heterocycles. The van der Waals surface area contributed by atoms with Gasteiger partial charge in [-0.05, 0) is 25.0 Å². The third-order valence-corrected chi connectivity index (χ3v) is 2.71. The van der Waals surface area contributed by atoms with Crippen LogP contribution in [0.15, 0.2) is 18.3 Å². The first-order chi connectivity index (χ1) is 8.37. The van der Waals surface area contributed by atoms with Crippen LogP contribution in [0.1, 0.15) is 18.5 Å². The Hall–Kier alpha value is -2.10. The second-order valence-electron chi connectivity index (χ2n) is 4.08. The number of anilines is 1. The highest BCUT2D eigenvalue weighted by atomic mass is 19.4. The van der Waals surface area contributed by atoms with Crippen LogP contribution in [0.25, 0.3) is 0 Å². The van der Waals surface area contributed by atoms with Crippen LogP contribution in [0, 0.1) is 16.7 Å². The Morgan fingerprint density at radius 2 is 2.11 bits per heavy atom. The Morgan fingerprint density at radius 1 is 1.44 bits per heavy atom. The minimum absolute atomic E-state index is 0.148. The number of nitrogens with one attached hydrogen (secondary N) is 1. The highest BCUT2D eigenvalue weighted by Crippen LogP contribution is 2.45. The van der Waals surface area contributed by atoms with Gasteiger partial charge in [-0.15, -0.1) is 0 Å². The van der Waals surface area contributed by atoms with Gasteiger partial charge in [0, 0.05) is 0 Å². The van der Waals surface area contributed by atoms with Crippen molar-refractivity contribution in [3.8, 4) is 6.07 Å². The van der Waals surface area contributed by atoms with Crippen molar-refractivity contribution in [2.24, 2.45) is 5.41 Å². The molecule has 0 atom stereocenters. The molecule has 0 saturated heterocycles. The van der Waals surface area contributed by atoms with Crippen molar-refractivity contribution in [1.29, 1.82) is 5.26 Å². The molecule has 1 aliphatic carbocycles.